The molecule has 2 fully saturated rings. The van der Waals surface area contributed by atoms with Gasteiger partial charge in [0, 0.05) is 6.04 Å². The summed E-state index contributed by atoms with van der Waals surface area (Å²) in [7, 11) is 0. The number of rotatable bonds is 5. The quantitative estimate of drug-likeness (QED) is 0.804. The summed E-state index contributed by atoms with van der Waals surface area (Å²) in [5.41, 5.74) is 0.183. The molecule has 18 heavy (non-hydrogen) atoms. The summed E-state index contributed by atoms with van der Waals surface area (Å²) in [6, 6.07) is 3.38. The average molecular weight is 267 g/mol. The van der Waals surface area contributed by atoms with Crippen molar-refractivity contribution in [3.05, 3.63) is 22.8 Å². The Labute approximate surface area is 110 Å². The molecular formula is C13H15ClN2O2. The molecule has 2 N–H and O–H groups in total. The van der Waals surface area contributed by atoms with Gasteiger partial charge in [0.25, 0.3) is 0 Å². The first-order chi connectivity index (χ1) is 8.63. The fourth-order valence-corrected chi connectivity index (χ4v) is 2.60. The van der Waals surface area contributed by atoms with Crippen LogP contribution >= 0.6 is 11.6 Å². The van der Waals surface area contributed by atoms with Crippen molar-refractivity contribution in [3.8, 4) is 0 Å². The number of carboxylic acids is 1. The molecule has 1 heterocycles. The monoisotopic (exact) mass is 266 g/mol. The molecule has 4 nitrogen and oxygen atoms in total. The van der Waals surface area contributed by atoms with Gasteiger partial charge in [-0.25, -0.2) is 9.78 Å². The number of anilines is 1. The van der Waals surface area contributed by atoms with Gasteiger partial charge in [-0.05, 0) is 49.7 Å². The van der Waals surface area contributed by atoms with Crippen LogP contribution in [0.4, 0.5) is 5.82 Å². The highest BCUT2D eigenvalue weighted by Gasteiger charge is 2.41. The van der Waals surface area contributed by atoms with Gasteiger partial charge in [-0.1, -0.05) is 11.6 Å². The van der Waals surface area contributed by atoms with E-state index in [0.29, 0.717) is 11.9 Å². The zero-order valence-electron chi connectivity index (χ0n) is 9.90. The number of hydrogen-bond donors (Lipinski definition) is 2. The highest BCUT2D eigenvalue weighted by atomic mass is 35.5. The number of halogens is 1. The minimum absolute atomic E-state index is 0.183. The first-order valence-electron chi connectivity index (χ1n) is 6.31. The van der Waals surface area contributed by atoms with E-state index >= 15 is 0 Å². The van der Waals surface area contributed by atoms with Gasteiger partial charge >= 0.3 is 5.97 Å². The number of pyridine rings is 1. The Balaban J connectivity index is 1.80. The lowest BCUT2D eigenvalue weighted by Crippen LogP contribution is -2.25. The van der Waals surface area contributed by atoms with Crippen LogP contribution in [-0.2, 0) is 0 Å². The third-order valence-corrected chi connectivity index (χ3v) is 3.81. The Morgan fingerprint density at radius 3 is 2.44 bits per heavy atom. The topological polar surface area (TPSA) is 62.2 Å². The Kier molecular flexibility index (Phi) is 2.90. The third kappa shape index (κ3) is 2.58. The van der Waals surface area contributed by atoms with Gasteiger partial charge < -0.3 is 10.4 Å². The predicted octanol–water partition coefficient (Wildman–Crippen LogP) is 3.03. The van der Waals surface area contributed by atoms with E-state index in [9.17, 15) is 4.79 Å². The molecule has 0 radical (unpaired) electrons. The Morgan fingerprint density at radius 2 is 1.94 bits per heavy atom. The molecule has 1 aromatic rings. The molecule has 5 heteroatoms. The minimum Gasteiger partial charge on any atom is -0.478 e. The lowest BCUT2D eigenvalue weighted by molar-refractivity contribution is 0.0697. The Morgan fingerprint density at radius 1 is 1.33 bits per heavy atom. The standard InChI is InChI=1S/C13H15ClN2O2/c14-10-5-9(13(17)18)6-11(15-10)16-12(7-1-2-7)8-3-4-8/h5-8,12H,1-4H2,(H,15,16)(H,17,18). The van der Waals surface area contributed by atoms with E-state index in [2.05, 4.69) is 10.3 Å². The van der Waals surface area contributed by atoms with Gasteiger partial charge in [-0.3, -0.25) is 0 Å². The number of aromatic carboxylic acids is 1. The summed E-state index contributed by atoms with van der Waals surface area (Å²) in [5, 5.41) is 12.6. The number of nitrogens with zero attached hydrogens (tertiary/aromatic N) is 1. The largest absolute Gasteiger partial charge is 0.478 e. The molecule has 0 spiro atoms. The number of carboxylic acid groups (broad SMARTS) is 1. The van der Waals surface area contributed by atoms with Crippen molar-refractivity contribution in [1.29, 1.82) is 0 Å². The van der Waals surface area contributed by atoms with E-state index in [1.165, 1.54) is 31.7 Å². The smallest absolute Gasteiger partial charge is 0.335 e. The number of hydrogen-bond acceptors (Lipinski definition) is 3. The van der Waals surface area contributed by atoms with Crippen LogP contribution in [0.5, 0.6) is 0 Å². The van der Waals surface area contributed by atoms with Gasteiger partial charge in [0.15, 0.2) is 0 Å². The molecule has 0 bridgehead atoms. The van der Waals surface area contributed by atoms with Crippen molar-refractivity contribution in [2.45, 2.75) is 31.7 Å². The molecule has 96 valence electrons. The van der Waals surface area contributed by atoms with Gasteiger partial charge in [0.1, 0.15) is 11.0 Å². The second kappa shape index (κ2) is 4.43. The molecule has 2 aliphatic carbocycles. The Hall–Kier alpha value is -1.29. The maximum Gasteiger partial charge on any atom is 0.335 e. The van der Waals surface area contributed by atoms with Gasteiger partial charge in [-0.15, -0.1) is 0 Å². The van der Waals surface area contributed by atoms with Crippen molar-refractivity contribution in [1.82, 2.24) is 4.98 Å². The summed E-state index contributed by atoms with van der Waals surface area (Å²) in [5.74, 6) is 1.07. The second-order valence-electron chi connectivity index (χ2n) is 5.21. The molecule has 0 amide bonds. The van der Waals surface area contributed by atoms with Crippen LogP contribution in [0.25, 0.3) is 0 Å². The zero-order chi connectivity index (χ0) is 12.7. The van der Waals surface area contributed by atoms with Gasteiger partial charge in [-0.2, -0.15) is 0 Å². The van der Waals surface area contributed by atoms with E-state index in [1.807, 2.05) is 0 Å². The molecule has 0 aromatic carbocycles. The second-order valence-corrected chi connectivity index (χ2v) is 5.60. The van der Waals surface area contributed by atoms with Crippen LogP contribution in [0.1, 0.15) is 36.0 Å². The van der Waals surface area contributed by atoms with Crippen molar-refractivity contribution in [2.75, 3.05) is 5.32 Å². The maximum atomic E-state index is 11.0. The summed E-state index contributed by atoms with van der Waals surface area (Å²) in [4.78, 5) is 15.1. The van der Waals surface area contributed by atoms with Crippen molar-refractivity contribution in [2.24, 2.45) is 11.8 Å². The summed E-state index contributed by atoms with van der Waals surface area (Å²) in [6.45, 7) is 0. The minimum atomic E-state index is -0.975. The molecule has 0 aliphatic heterocycles. The lowest BCUT2D eigenvalue weighted by atomic mass is 10.1. The molecule has 0 atom stereocenters. The SMILES string of the molecule is O=C(O)c1cc(Cl)nc(NC(C2CC2)C2CC2)c1. The predicted molar refractivity (Wildman–Crippen MR) is 69.1 cm³/mol. The van der Waals surface area contributed by atoms with Crippen molar-refractivity contribution < 1.29 is 9.90 Å². The third-order valence-electron chi connectivity index (χ3n) is 3.62. The number of aromatic nitrogens is 1. The Bertz CT molecular complexity index is 472. The molecule has 0 saturated heterocycles. The van der Waals surface area contributed by atoms with Crippen LogP contribution in [0.15, 0.2) is 12.1 Å². The van der Waals surface area contributed by atoms with Crippen LogP contribution < -0.4 is 5.32 Å². The fraction of sp³-hybridized carbons (Fsp3) is 0.538. The van der Waals surface area contributed by atoms with Gasteiger partial charge in [0.2, 0.25) is 0 Å². The fourth-order valence-electron chi connectivity index (χ4n) is 2.40. The van der Waals surface area contributed by atoms with Gasteiger partial charge in [0.05, 0.1) is 5.56 Å². The van der Waals surface area contributed by atoms with Crippen molar-refractivity contribution >= 4 is 23.4 Å². The van der Waals surface area contributed by atoms with Crippen LogP contribution in [-0.4, -0.2) is 22.1 Å². The summed E-state index contributed by atoms with van der Waals surface area (Å²) in [6.07, 6.45) is 5.06. The highest BCUT2D eigenvalue weighted by molar-refractivity contribution is 6.29. The van der Waals surface area contributed by atoms with Crippen LogP contribution in [0.2, 0.25) is 5.15 Å². The van der Waals surface area contributed by atoms with E-state index in [4.69, 9.17) is 16.7 Å². The molecule has 0 unspecified atom stereocenters. The van der Waals surface area contributed by atoms with E-state index in [1.54, 1.807) is 6.07 Å². The van der Waals surface area contributed by atoms with Crippen LogP contribution in [0, 0.1) is 11.8 Å². The summed E-state index contributed by atoms with van der Waals surface area (Å²) >= 11 is 5.85. The van der Waals surface area contributed by atoms with E-state index in [0.717, 1.165) is 11.8 Å². The molecule has 2 aliphatic rings. The summed E-state index contributed by atoms with van der Waals surface area (Å²) < 4.78 is 0. The van der Waals surface area contributed by atoms with Crippen molar-refractivity contribution in [3.63, 3.8) is 0 Å². The number of carbonyl (C=O) groups is 1. The first-order valence-corrected chi connectivity index (χ1v) is 6.68. The maximum absolute atomic E-state index is 11.0. The van der Waals surface area contributed by atoms with E-state index in [-0.39, 0.29) is 10.7 Å². The van der Waals surface area contributed by atoms with Crippen LogP contribution in [0.3, 0.4) is 0 Å². The lowest BCUT2D eigenvalue weighted by Gasteiger charge is -2.18. The normalized spacial score (nSPS) is 19.0. The molecule has 2 saturated carbocycles. The van der Waals surface area contributed by atoms with E-state index < -0.39 is 5.97 Å². The molecule has 3 rings (SSSR count). The highest BCUT2D eigenvalue weighted by Crippen LogP contribution is 2.45. The zero-order valence-corrected chi connectivity index (χ0v) is 10.7. The first kappa shape index (κ1) is 11.8. The molecule has 1 aromatic heterocycles. The average Bonchev–Trinajstić information content (AvgIpc) is 3.16. The number of nitrogens with one attached hydrogen (secondary N) is 1. The molecular weight excluding hydrogens is 252 g/mol.